The van der Waals surface area contributed by atoms with Crippen molar-refractivity contribution >= 4 is 5.91 Å². The highest BCUT2D eigenvalue weighted by Crippen LogP contribution is 2.23. The summed E-state index contributed by atoms with van der Waals surface area (Å²) < 4.78 is 10.6. The molecule has 0 aliphatic heterocycles. The lowest BCUT2D eigenvalue weighted by Gasteiger charge is -2.08. The van der Waals surface area contributed by atoms with Gasteiger partial charge in [-0.15, -0.1) is 0 Å². The van der Waals surface area contributed by atoms with E-state index < -0.39 is 0 Å². The predicted molar refractivity (Wildman–Crippen MR) is 82.5 cm³/mol. The number of rotatable bonds is 7. The van der Waals surface area contributed by atoms with E-state index in [1.165, 1.54) is 0 Å². The number of nitrogens with one attached hydrogen (secondary N) is 1. The fraction of sp³-hybridized carbons (Fsp3) is 0.438. The highest BCUT2D eigenvalue weighted by molar-refractivity contribution is 6.00. The lowest BCUT2D eigenvalue weighted by molar-refractivity contribution is 0.0757. The lowest BCUT2D eigenvalue weighted by Crippen LogP contribution is -2.26. The molecular weight excluding hydrogens is 282 g/mol. The van der Waals surface area contributed by atoms with Gasteiger partial charge in [0.25, 0.3) is 5.91 Å². The number of nitrogens with zero attached hydrogens (tertiary/aromatic N) is 2. The molecule has 0 radical (unpaired) electrons. The van der Waals surface area contributed by atoms with Crippen molar-refractivity contribution in [3.8, 4) is 11.4 Å². The van der Waals surface area contributed by atoms with Crippen molar-refractivity contribution in [3.05, 3.63) is 35.7 Å². The number of carbonyl (C=O) groups is 1. The van der Waals surface area contributed by atoms with E-state index in [9.17, 15) is 4.79 Å². The Kier molecular flexibility index (Phi) is 5.66. The molecule has 0 atom stereocenters. The number of aryl methyl sites for hydroxylation is 1. The molecular formula is C16H21N3O3. The highest BCUT2D eigenvalue weighted by Gasteiger charge is 2.21. The number of pyridine rings is 1. The first-order chi connectivity index (χ1) is 10.6. The summed E-state index contributed by atoms with van der Waals surface area (Å²) in [5, 5.41) is 6.81. The summed E-state index contributed by atoms with van der Waals surface area (Å²) in [6.07, 6.45) is 2.61. The van der Waals surface area contributed by atoms with Crippen LogP contribution < -0.4 is 5.32 Å². The van der Waals surface area contributed by atoms with E-state index in [1.54, 1.807) is 19.2 Å². The van der Waals surface area contributed by atoms with Gasteiger partial charge in [0.1, 0.15) is 17.0 Å². The summed E-state index contributed by atoms with van der Waals surface area (Å²) in [5.41, 5.74) is 1.52. The van der Waals surface area contributed by atoms with Crippen LogP contribution in [0, 0.1) is 6.92 Å². The second-order valence-electron chi connectivity index (χ2n) is 5.21. The van der Waals surface area contributed by atoms with E-state index in [0.29, 0.717) is 35.9 Å². The average molecular weight is 303 g/mol. The van der Waals surface area contributed by atoms with Gasteiger partial charge >= 0.3 is 0 Å². The second kappa shape index (κ2) is 7.70. The van der Waals surface area contributed by atoms with Crippen LogP contribution in [0.15, 0.2) is 28.9 Å². The zero-order valence-corrected chi connectivity index (χ0v) is 13.1. The minimum Gasteiger partial charge on any atom is -0.379 e. The Morgan fingerprint density at radius 1 is 1.41 bits per heavy atom. The number of ether oxygens (including phenoxy) is 1. The van der Waals surface area contributed by atoms with E-state index in [1.807, 2.05) is 26.0 Å². The molecule has 0 saturated carbocycles. The molecule has 6 nitrogen and oxygen atoms in total. The summed E-state index contributed by atoms with van der Waals surface area (Å²) in [7, 11) is 0. The van der Waals surface area contributed by atoms with Crippen LogP contribution in [0.2, 0.25) is 0 Å². The van der Waals surface area contributed by atoms with E-state index >= 15 is 0 Å². The van der Waals surface area contributed by atoms with Gasteiger partial charge in [0.2, 0.25) is 0 Å². The van der Waals surface area contributed by atoms with Crippen molar-refractivity contribution < 1.29 is 14.1 Å². The van der Waals surface area contributed by atoms with Crippen LogP contribution in [0.1, 0.15) is 36.4 Å². The third-order valence-electron chi connectivity index (χ3n) is 3.06. The quantitative estimate of drug-likeness (QED) is 0.795. The standard InChI is InChI=1S/C16H21N3O3/c1-11(2)21-10-6-9-18-16(20)14-12(3)22-19-15(14)13-7-4-5-8-17-13/h4-5,7-8,11H,6,9-10H2,1-3H3,(H,18,20). The van der Waals surface area contributed by atoms with Crippen molar-refractivity contribution in [3.63, 3.8) is 0 Å². The Balaban J connectivity index is 2.00. The molecule has 0 spiro atoms. The Hall–Kier alpha value is -2.21. The molecule has 0 aliphatic carbocycles. The van der Waals surface area contributed by atoms with Crippen molar-refractivity contribution in [1.82, 2.24) is 15.5 Å². The molecule has 2 aromatic heterocycles. The normalized spacial score (nSPS) is 10.9. The number of aromatic nitrogens is 2. The van der Waals surface area contributed by atoms with E-state index in [2.05, 4.69) is 15.5 Å². The largest absolute Gasteiger partial charge is 0.379 e. The molecule has 118 valence electrons. The van der Waals surface area contributed by atoms with Crippen LogP contribution in [-0.2, 0) is 4.74 Å². The van der Waals surface area contributed by atoms with Crippen molar-refractivity contribution in [1.29, 1.82) is 0 Å². The highest BCUT2D eigenvalue weighted by atomic mass is 16.5. The van der Waals surface area contributed by atoms with Crippen molar-refractivity contribution in [2.45, 2.75) is 33.3 Å². The smallest absolute Gasteiger partial charge is 0.257 e. The average Bonchev–Trinajstić information content (AvgIpc) is 2.89. The molecule has 0 saturated heterocycles. The monoisotopic (exact) mass is 303 g/mol. The molecule has 2 rings (SSSR count). The van der Waals surface area contributed by atoms with Gasteiger partial charge in [-0.05, 0) is 39.3 Å². The number of hydrogen-bond acceptors (Lipinski definition) is 5. The molecule has 0 aliphatic rings. The number of carbonyl (C=O) groups excluding carboxylic acids is 1. The summed E-state index contributed by atoms with van der Waals surface area (Å²) in [4.78, 5) is 16.6. The minimum atomic E-state index is -0.205. The molecule has 2 aromatic rings. The Morgan fingerprint density at radius 2 is 2.23 bits per heavy atom. The fourth-order valence-corrected chi connectivity index (χ4v) is 2.00. The molecule has 1 N–H and O–H groups in total. The third kappa shape index (κ3) is 4.14. The van der Waals surface area contributed by atoms with Gasteiger partial charge in [0.05, 0.1) is 11.8 Å². The topological polar surface area (TPSA) is 77.2 Å². The molecule has 0 fully saturated rings. The Morgan fingerprint density at radius 3 is 2.91 bits per heavy atom. The van der Waals surface area contributed by atoms with Gasteiger partial charge in [0.15, 0.2) is 0 Å². The summed E-state index contributed by atoms with van der Waals surface area (Å²) in [6.45, 7) is 6.85. The van der Waals surface area contributed by atoms with E-state index in [4.69, 9.17) is 9.26 Å². The number of hydrogen-bond donors (Lipinski definition) is 1. The van der Waals surface area contributed by atoms with Crippen molar-refractivity contribution in [2.24, 2.45) is 0 Å². The summed E-state index contributed by atoms with van der Waals surface area (Å²) >= 11 is 0. The van der Waals surface area contributed by atoms with Gasteiger partial charge in [-0.2, -0.15) is 0 Å². The van der Waals surface area contributed by atoms with Crippen LogP contribution in [0.25, 0.3) is 11.4 Å². The number of amides is 1. The van der Waals surface area contributed by atoms with Crippen LogP contribution in [0.3, 0.4) is 0 Å². The molecule has 0 bridgehead atoms. The van der Waals surface area contributed by atoms with Crippen LogP contribution in [0.4, 0.5) is 0 Å². The van der Waals surface area contributed by atoms with Crippen LogP contribution in [0.5, 0.6) is 0 Å². The van der Waals surface area contributed by atoms with E-state index in [0.717, 1.165) is 6.42 Å². The van der Waals surface area contributed by atoms with Crippen molar-refractivity contribution in [2.75, 3.05) is 13.2 Å². The van der Waals surface area contributed by atoms with Gasteiger partial charge in [-0.3, -0.25) is 9.78 Å². The summed E-state index contributed by atoms with van der Waals surface area (Å²) in [5.74, 6) is 0.278. The maximum Gasteiger partial charge on any atom is 0.257 e. The van der Waals surface area contributed by atoms with Gasteiger partial charge in [-0.1, -0.05) is 11.2 Å². The minimum absolute atomic E-state index is 0.201. The first-order valence-electron chi connectivity index (χ1n) is 7.37. The first-order valence-corrected chi connectivity index (χ1v) is 7.37. The zero-order valence-electron chi connectivity index (χ0n) is 13.1. The maximum atomic E-state index is 12.3. The molecule has 22 heavy (non-hydrogen) atoms. The Bertz CT molecular complexity index is 608. The molecule has 6 heteroatoms. The van der Waals surface area contributed by atoms with Gasteiger partial charge < -0.3 is 14.6 Å². The Labute approximate surface area is 129 Å². The molecule has 2 heterocycles. The molecule has 1 amide bonds. The SMILES string of the molecule is Cc1onc(-c2ccccn2)c1C(=O)NCCCOC(C)C. The molecule has 0 unspecified atom stereocenters. The third-order valence-corrected chi connectivity index (χ3v) is 3.06. The first kappa shape index (κ1) is 16.2. The van der Waals surface area contributed by atoms with Crippen LogP contribution in [-0.4, -0.2) is 35.3 Å². The van der Waals surface area contributed by atoms with Gasteiger partial charge in [0, 0.05) is 19.3 Å². The second-order valence-corrected chi connectivity index (χ2v) is 5.21. The van der Waals surface area contributed by atoms with E-state index in [-0.39, 0.29) is 12.0 Å². The zero-order chi connectivity index (χ0) is 15.9. The molecule has 0 aromatic carbocycles. The predicted octanol–water partition coefficient (Wildman–Crippen LogP) is 2.59. The fourth-order valence-electron chi connectivity index (χ4n) is 2.00. The van der Waals surface area contributed by atoms with Crippen LogP contribution >= 0.6 is 0 Å². The van der Waals surface area contributed by atoms with Gasteiger partial charge in [-0.25, -0.2) is 0 Å². The summed E-state index contributed by atoms with van der Waals surface area (Å²) in [6, 6.07) is 5.45. The lowest BCUT2D eigenvalue weighted by atomic mass is 10.1. The maximum absolute atomic E-state index is 12.3.